The van der Waals surface area contributed by atoms with Crippen LogP contribution in [0.3, 0.4) is 0 Å². The van der Waals surface area contributed by atoms with Crippen molar-refractivity contribution in [2.24, 2.45) is 0 Å². The lowest BCUT2D eigenvalue weighted by atomic mass is 10.2. The summed E-state index contributed by atoms with van der Waals surface area (Å²) in [4.78, 5) is 17.2. The molecule has 4 aromatic rings. The molecule has 8 heteroatoms. The molecule has 0 spiro atoms. The molecule has 1 aromatic carbocycles. The SMILES string of the molecule is O=C(Cc1ccsc1)Nc1ccsc1-c1nc(-c2cccc(F)c2)no1. The van der Waals surface area contributed by atoms with E-state index in [1.165, 1.54) is 23.5 Å². The van der Waals surface area contributed by atoms with Crippen molar-refractivity contribution in [3.8, 4) is 22.2 Å². The lowest BCUT2D eigenvalue weighted by Crippen LogP contribution is -2.13. The fourth-order valence-electron chi connectivity index (χ4n) is 2.41. The van der Waals surface area contributed by atoms with E-state index in [9.17, 15) is 9.18 Å². The molecule has 1 amide bonds. The number of anilines is 1. The molecule has 0 unspecified atom stereocenters. The second-order valence-corrected chi connectivity index (χ2v) is 7.15. The quantitative estimate of drug-likeness (QED) is 0.533. The van der Waals surface area contributed by atoms with Gasteiger partial charge in [-0.2, -0.15) is 16.3 Å². The minimum Gasteiger partial charge on any atom is -0.333 e. The first-order valence-electron chi connectivity index (χ1n) is 7.67. The molecule has 0 radical (unpaired) electrons. The van der Waals surface area contributed by atoms with E-state index in [1.54, 1.807) is 29.5 Å². The van der Waals surface area contributed by atoms with Crippen molar-refractivity contribution in [2.45, 2.75) is 6.42 Å². The normalized spacial score (nSPS) is 10.8. The van der Waals surface area contributed by atoms with Crippen LogP contribution < -0.4 is 5.32 Å². The maximum Gasteiger partial charge on any atom is 0.270 e. The lowest BCUT2D eigenvalue weighted by molar-refractivity contribution is -0.115. The van der Waals surface area contributed by atoms with E-state index in [2.05, 4.69) is 15.5 Å². The Morgan fingerprint density at radius 1 is 1.23 bits per heavy atom. The van der Waals surface area contributed by atoms with Crippen molar-refractivity contribution in [1.29, 1.82) is 0 Å². The summed E-state index contributed by atoms with van der Waals surface area (Å²) in [6.45, 7) is 0. The van der Waals surface area contributed by atoms with Crippen LogP contribution in [0.4, 0.5) is 10.1 Å². The van der Waals surface area contributed by atoms with Gasteiger partial charge in [-0.1, -0.05) is 17.3 Å². The van der Waals surface area contributed by atoms with Crippen molar-refractivity contribution in [2.75, 3.05) is 5.32 Å². The zero-order chi connectivity index (χ0) is 17.9. The van der Waals surface area contributed by atoms with E-state index in [-0.39, 0.29) is 17.6 Å². The van der Waals surface area contributed by atoms with Gasteiger partial charge >= 0.3 is 0 Å². The Morgan fingerprint density at radius 3 is 2.96 bits per heavy atom. The number of carbonyl (C=O) groups is 1. The highest BCUT2D eigenvalue weighted by atomic mass is 32.1. The van der Waals surface area contributed by atoms with Crippen LogP contribution in [0.5, 0.6) is 0 Å². The number of aromatic nitrogens is 2. The predicted octanol–water partition coefficient (Wildman–Crippen LogP) is 4.85. The lowest BCUT2D eigenvalue weighted by Gasteiger charge is -2.03. The van der Waals surface area contributed by atoms with Crippen LogP contribution in [0, 0.1) is 5.82 Å². The van der Waals surface area contributed by atoms with E-state index in [0.29, 0.717) is 28.4 Å². The number of benzene rings is 1. The van der Waals surface area contributed by atoms with E-state index < -0.39 is 0 Å². The molecule has 0 aliphatic heterocycles. The van der Waals surface area contributed by atoms with Crippen molar-refractivity contribution in [3.05, 3.63) is 63.9 Å². The molecule has 0 aliphatic rings. The van der Waals surface area contributed by atoms with Gasteiger partial charge in [0.1, 0.15) is 10.7 Å². The Morgan fingerprint density at radius 2 is 2.15 bits per heavy atom. The summed E-state index contributed by atoms with van der Waals surface area (Å²) in [6.07, 6.45) is 0.303. The van der Waals surface area contributed by atoms with Gasteiger partial charge in [0.05, 0.1) is 12.1 Å². The average Bonchev–Trinajstić information content (AvgIpc) is 3.36. The molecule has 4 rings (SSSR count). The summed E-state index contributed by atoms with van der Waals surface area (Å²) < 4.78 is 18.7. The first-order chi connectivity index (χ1) is 12.7. The highest BCUT2D eigenvalue weighted by Gasteiger charge is 2.17. The monoisotopic (exact) mass is 385 g/mol. The Balaban J connectivity index is 1.54. The second-order valence-electron chi connectivity index (χ2n) is 5.45. The van der Waals surface area contributed by atoms with Crippen molar-refractivity contribution < 1.29 is 13.7 Å². The number of nitrogens with zero attached hydrogens (tertiary/aromatic N) is 2. The Hall–Kier alpha value is -2.84. The average molecular weight is 385 g/mol. The molecule has 0 saturated heterocycles. The van der Waals surface area contributed by atoms with Crippen LogP contribution in [0.2, 0.25) is 0 Å². The zero-order valence-electron chi connectivity index (χ0n) is 13.3. The first-order valence-corrected chi connectivity index (χ1v) is 9.50. The van der Waals surface area contributed by atoms with Crippen LogP contribution in [0.25, 0.3) is 22.2 Å². The zero-order valence-corrected chi connectivity index (χ0v) is 14.9. The number of amides is 1. The summed E-state index contributed by atoms with van der Waals surface area (Å²) in [5, 5.41) is 12.5. The number of carbonyl (C=O) groups excluding carboxylic acids is 1. The van der Waals surface area contributed by atoms with Gasteiger partial charge in [0.25, 0.3) is 5.89 Å². The maximum atomic E-state index is 13.4. The first kappa shape index (κ1) is 16.6. The Labute approximate surface area is 156 Å². The number of halogens is 1. The molecule has 5 nitrogen and oxygen atoms in total. The summed E-state index contributed by atoms with van der Waals surface area (Å²) in [5.74, 6) is 0.0906. The summed E-state index contributed by atoms with van der Waals surface area (Å²) in [7, 11) is 0. The van der Waals surface area contributed by atoms with Crippen LogP contribution in [-0.4, -0.2) is 16.0 Å². The van der Waals surface area contributed by atoms with Gasteiger partial charge in [0, 0.05) is 5.56 Å². The van der Waals surface area contributed by atoms with Crippen LogP contribution >= 0.6 is 22.7 Å². The van der Waals surface area contributed by atoms with Gasteiger partial charge in [0.15, 0.2) is 0 Å². The molecular weight excluding hydrogens is 373 g/mol. The fraction of sp³-hybridized carbons (Fsp3) is 0.0556. The third-order valence-corrected chi connectivity index (χ3v) is 5.22. The number of thiophene rings is 2. The minimum atomic E-state index is -0.369. The van der Waals surface area contributed by atoms with Crippen molar-refractivity contribution in [3.63, 3.8) is 0 Å². The fourth-order valence-corrected chi connectivity index (χ4v) is 3.85. The van der Waals surface area contributed by atoms with Crippen LogP contribution in [0.1, 0.15) is 5.56 Å². The highest BCUT2D eigenvalue weighted by Crippen LogP contribution is 2.33. The summed E-state index contributed by atoms with van der Waals surface area (Å²) in [5.41, 5.74) is 2.11. The van der Waals surface area contributed by atoms with Crippen molar-refractivity contribution in [1.82, 2.24) is 10.1 Å². The van der Waals surface area contributed by atoms with Crippen LogP contribution in [0.15, 0.2) is 57.1 Å². The third kappa shape index (κ3) is 3.56. The molecule has 130 valence electrons. The van der Waals surface area contributed by atoms with E-state index >= 15 is 0 Å². The van der Waals surface area contributed by atoms with Gasteiger partial charge in [-0.3, -0.25) is 4.79 Å². The second kappa shape index (κ2) is 7.19. The van der Waals surface area contributed by atoms with Crippen molar-refractivity contribution >= 4 is 34.3 Å². The summed E-state index contributed by atoms with van der Waals surface area (Å²) in [6, 6.07) is 9.69. The van der Waals surface area contributed by atoms with E-state index in [1.807, 2.05) is 22.2 Å². The maximum absolute atomic E-state index is 13.4. The Bertz CT molecular complexity index is 1040. The van der Waals surface area contributed by atoms with Gasteiger partial charge < -0.3 is 9.84 Å². The highest BCUT2D eigenvalue weighted by molar-refractivity contribution is 7.14. The predicted molar refractivity (Wildman–Crippen MR) is 99.7 cm³/mol. The summed E-state index contributed by atoms with van der Waals surface area (Å²) >= 11 is 2.93. The van der Waals surface area contributed by atoms with Gasteiger partial charge in [-0.15, -0.1) is 11.3 Å². The van der Waals surface area contributed by atoms with Crippen LogP contribution in [-0.2, 0) is 11.2 Å². The number of hydrogen-bond donors (Lipinski definition) is 1. The van der Waals surface area contributed by atoms with E-state index in [0.717, 1.165) is 5.56 Å². The molecule has 26 heavy (non-hydrogen) atoms. The topological polar surface area (TPSA) is 68.0 Å². The molecule has 0 bridgehead atoms. The molecule has 0 fully saturated rings. The standard InChI is InChI=1S/C18H12FN3O2S2/c19-13-3-1-2-12(9-13)17-21-18(24-22-17)16-14(5-7-26-16)20-15(23)8-11-4-6-25-10-11/h1-7,9-10H,8H2,(H,20,23). The number of nitrogens with one attached hydrogen (secondary N) is 1. The smallest absolute Gasteiger partial charge is 0.270 e. The minimum absolute atomic E-state index is 0.118. The molecule has 0 saturated carbocycles. The Kier molecular flexibility index (Phi) is 4.59. The molecule has 1 N–H and O–H groups in total. The molecular formula is C18H12FN3O2S2. The molecule has 3 heterocycles. The molecule has 0 atom stereocenters. The van der Waals surface area contributed by atoms with Gasteiger partial charge in [0.2, 0.25) is 11.7 Å². The number of rotatable bonds is 5. The molecule has 3 aromatic heterocycles. The van der Waals surface area contributed by atoms with E-state index in [4.69, 9.17) is 4.52 Å². The third-order valence-electron chi connectivity index (χ3n) is 3.59. The molecule has 0 aliphatic carbocycles. The largest absolute Gasteiger partial charge is 0.333 e. The van der Waals surface area contributed by atoms with Gasteiger partial charge in [-0.05, 0) is 46.0 Å². The number of hydrogen-bond acceptors (Lipinski definition) is 6. The van der Waals surface area contributed by atoms with Gasteiger partial charge in [-0.25, -0.2) is 4.39 Å².